The van der Waals surface area contributed by atoms with Gasteiger partial charge in [0.25, 0.3) is 0 Å². The number of aryl methyl sites for hydroxylation is 1. The third-order valence-corrected chi connectivity index (χ3v) is 1.86. The lowest BCUT2D eigenvalue weighted by Gasteiger charge is -1.93. The highest BCUT2D eigenvalue weighted by Gasteiger charge is 2.06. The highest BCUT2D eigenvalue weighted by Crippen LogP contribution is 2.11. The Bertz CT molecular complexity index is 476. The molecule has 0 amide bonds. The molecule has 0 saturated heterocycles. The SMILES string of the molecule is CC.Cn1nnc2cc(C(=O)O)ccc21. The molecule has 0 aliphatic rings. The predicted octanol–water partition coefficient (Wildman–Crippen LogP) is 1.69. The average Bonchev–Trinajstić information content (AvgIpc) is 2.63. The van der Waals surface area contributed by atoms with Gasteiger partial charge in [-0.3, -0.25) is 0 Å². The monoisotopic (exact) mass is 207 g/mol. The molecule has 15 heavy (non-hydrogen) atoms. The predicted molar refractivity (Wildman–Crippen MR) is 56.8 cm³/mol. The second kappa shape index (κ2) is 4.54. The first kappa shape index (κ1) is 11.2. The van der Waals surface area contributed by atoms with Crippen molar-refractivity contribution in [2.24, 2.45) is 7.05 Å². The molecular weight excluding hydrogens is 194 g/mol. The molecule has 5 heteroatoms. The molecule has 0 unspecified atom stereocenters. The molecule has 0 bridgehead atoms. The Kier molecular flexibility index (Phi) is 3.38. The van der Waals surface area contributed by atoms with Crippen LogP contribution in [0.5, 0.6) is 0 Å². The van der Waals surface area contributed by atoms with Crippen molar-refractivity contribution in [2.75, 3.05) is 0 Å². The summed E-state index contributed by atoms with van der Waals surface area (Å²) in [4.78, 5) is 10.6. The minimum absolute atomic E-state index is 0.230. The number of carboxylic acid groups (broad SMARTS) is 1. The maximum atomic E-state index is 10.6. The number of aromatic nitrogens is 3. The Morgan fingerprint density at radius 1 is 1.40 bits per heavy atom. The first-order chi connectivity index (χ1) is 7.18. The summed E-state index contributed by atoms with van der Waals surface area (Å²) >= 11 is 0. The Morgan fingerprint density at radius 2 is 2.07 bits per heavy atom. The second-order valence-electron chi connectivity index (χ2n) is 2.72. The van der Waals surface area contributed by atoms with E-state index in [0.717, 1.165) is 5.52 Å². The fourth-order valence-electron chi connectivity index (χ4n) is 1.17. The fourth-order valence-corrected chi connectivity index (χ4v) is 1.17. The summed E-state index contributed by atoms with van der Waals surface area (Å²) in [6, 6.07) is 4.73. The van der Waals surface area contributed by atoms with Gasteiger partial charge in [0.2, 0.25) is 0 Å². The van der Waals surface area contributed by atoms with Gasteiger partial charge in [-0.25, -0.2) is 9.48 Å². The number of aromatic carboxylic acids is 1. The third kappa shape index (κ3) is 2.12. The van der Waals surface area contributed by atoms with Crippen molar-refractivity contribution in [2.45, 2.75) is 13.8 Å². The number of carbonyl (C=O) groups is 1. The van der Waals surface area contributed by atoms with E-state index >= 15 is 0 Å². The van der Waals surface area contributed by atoms with Crippen molar-refractivity contribution in [3.05, 3.63) is 23.8 Å². The van der Waals surface area contributed by atoms with E-state index in [9.17, 15) is 4.79 Å². The van der Waals surface area contributed by atoms with Crippen LogP contribution in [0, 0.1) is 0 Å². The van der Waals surface area contributed by atoms with Gasteiger partial charge < -0.3 is 5.11 Å². The quantitative estimate of drug-likeness (QED) is 0.772. The highest BCUT2D eigenvalue weighted by atomic mass is 16.4. The van der Waals surface area contributed by atoms with Crippen LogP contribution >= 0.6 is 0 Å². The van der Waals surface area contributed by atoms with Gasteiger partial charge >= 0.3 is 5.97 Å². The average molecular weight is 207 g/mol. The Hall–Kier alpha value is -1.91. The lowest BCUT2D eigenvalue weighted by Crippen LogP contribution is -1.95. The van der Waals surface area contributed by atoms with E-state index in [4.69, 9.17) is 5.11 Å². The van der Waals surface area contributed by atoms with Gasteiger partial charge in [0, 0.05) is 7.05 Å². The molecule has 80 valence electrons. The van der Waals surface area contributed by atoms with Crippen LogP contribution in [0.4, 0.5) is 0 Å². The van der Waals surface area contributed by atoms with Crippen molar-refractivity contribution < 1.29 is 9.90 Å². The van der Waals surface area contributed by atoms with Gasteiger partial charge in [-0.05, 0) is 18.2 Å². The van der Waals surface area contributed by atoms with Crippen LogP contribution in [0.3, 0.4) is 0 Å². The van der Waals surface area contributed by atoms with E-state index in [1.165, 1.54) is 12.1 Å². The topological polar surface area (TPSA) is 68.0 Å². The van der Waals surface area contributed by atoms with E-state index in [2.05, 4.69) is 10.3 Å². The van der Waals surface area contributed by atoms with E-state index in [1.807, 2.05) is 13.8 Å². The van der Waals surface area contributed by atoms with Gasteiger partial charge in [-0.2, -0.15) is 0 Å². The molecule has 0 fully saturated rings. The van der Waals surface area contributed by atoms with Crippen LogP contribution in [0.1, 0.15) is 24.2 Å². The smallest absolute Gasteiger partial charge is 0.335 e. The van der Waals surface area contributed by atoms with Gasteiger partial charge in [-0.15, -0.1) is 5.10 Å². The van der Waals surface area contributed by atoms with Crippen molar-refractivity contribution in [1.82, 2.24) is 15.0 Å². The Labute approximate surface area is 87.3 Å². The molecule has 0 atom stereocenters. The number of hydrogen-bond acceptors (Lipinski definition) is 3. The lowest BCUT2D eigenvalue weighted by atomic mass is 10.2. The van der Waals surface area contributed by atoms with Crippen LogP contribution in [0.25, 0.3) is 11.0 Å². The molecule has 2 rings (SSSR count). The van der Waals surface area contributed by atoms with Crippen LogP contribution in [0.2, 0.25) is 0 Å². The van der Waals surface area contributed by atoms with Gasteiger partial charge in [-0.1, -0.05) is 19.1 Å². The number of nitrogens with zero attached hydrogens (tertiary/aromatic N) is 3. The number of hydrogen-bond donors (Lipinski definition) is 1. The van der Waals surface area contributed by atoms with Crippen molar-refractivity contribution in [3.63, 3.8) is 0 Å². The van der Waals surface area contributed by atoms with Crippen LogP contribution in [-0.4, -0.2) is 26.1 Å². The fraction of sp³-hybridized carbons (Fsp3) is 0.300. The van der Waals surface area contributed by atoms with E-state index < -0.39 is 5.97 Å². The summed E-state index contributed by atoms with van der Waals surface area (Å²) < 4.78 is 1.60. The van der Waals surface area contributed by atoms with Crippen LogP contribution in [0.15, 0.2) is 18.2 Å². The van der Waals surface area contributed by atoms with E-state index in [-0.39, 0.29) is 5.56 Å². The largest absolute Gasteiger partial charge is 0.478 e. The molecule has 2 aromatic rings. The molecule has 0 spiro atoms. The normalized spacial score (nSPS) is 9.53. The van der Waals surface area contributed by atoms with E-state index in [0.29, 0.717) is 5.52 Å². The molecule has 1 aromatic carbocycles. The number of carboxylic acids is 1. The molecule has 5 nitrogen and oxygen atoms in total. The standard InChI is InChI=1S/C8H7N3O2.C2H6/c1-11-7-3-2-5(8(12)13)4-6(7)9-10-11;1-2/h2-4H,1H3,(H,12,13);1-2H3. The Balaban J connectivity index is 0.000000531. The van der Waals surface area contributed by atoms with Crippen molar-refractivity contribution in [3.8, 4) is 0 Å². The lowest BCUT2D eigenvalue weighted by molar-refractivity contribution is 0.0697. The molecule has 0 aliphatic heterocycles. The zero-order valence-electron chi connectivity index (χ0n) is 8.93. The molecule has 1 aromatic heterocycles. The first-order valence-electron chi connectivity index (χ1n) is 4.71. The molecule has 0 saturated carbocycles. The third-order valence-electron chi connectivity index (χ3n) is 1.86. The number of benzene rings is 1. The first-order valence-corrected chi connectivity index (χ1v) is 4.71. The molecule has 1 N–H and O–H groups in total. The van der Waals surface area contributed by atoms with Gasteiger partial charge in [0.05, 0.1) is 11.1 Å². The summed E-state index contributed by atoms with van der Waals surface area (Å²) in [7, 11) is 1.76. The summed E-state index contributed by atoms with van der Waals surface area (Å²) in [5, 5.41) is 16.3. The number of fused-ring (bicyclic) bond motifs is 1. The maximum absolute atomic E-state index is 10.6. The Morgan fingerprint density at radius 3 is 2.67 bits per heavy atom. The summed E-state index contributed by atoms with van der Waals surface area (Å²) in [5.74, 6) is -0.951. The van der Waals surface area contributed by atoms with Crippen molar-refractivity contribution in [1.29, 1.82) is 0 Å². The molecule has 0 radical (unpaired) electrons. The summed E-state index contributed by atoms with van der Waals surface area (Å²) in [6.07, 6.45) is 0. The maximum Gasteiger partial charge on any atom is 0.335 e. The minimum atomic E-state index is -0.951. The number of rotatable bonds is 1. The zero-order chi connectivity index (χ0) is 11.4. The summed E-state index contributed by atoms with van der Waals surface area (Å²) in [5.41, 5.74) is 1.65. The molecular formula is C10H13N3O2. The highest BCUT2D eigenvalue weighted by molar-refractivity contribution is 5.92. The van der Waals surface area contributed by atoms with Gasteiger partial charge in [0.15, 0.2) is 0 Å². The van der Waals surface area contributed by atoms with Gasteiger partial charge in [0.1, 0.15) is 5.52 Å². The second-order valence-corrected chi connectivity index (χ2v) is 2.72. The summed E-state index contributed by atoms with van der Waals surface area (Å²) in [6.45, 7) is 4.00. The van der Waals surface area contributed by atoms with E-state index in [1.54, 1.807) is 17.8 Å². The van der Waals surface area contributed by atoms with Crippen LogP contribution < -0.4 is 0 Å². The van der Waals surface area contributed by atoms with Crippen LogP contribution in [-0.2, 0) is 7.05 Å². The minimum Gasteiger partial charge on any atom is -0.478 e. The zero-order valence-corrected chi connectivity index (χ0v) is 8.93. The molecule has 0 aliphatic carbocycles. The van der Waals surface area contributed by atoms with Crippen molar-refractivity contribution >= 4 is 17.0 Å². The molecule has 1 heterocycles.